The second-order valence-corrected chi connectivity index (χ2v) is 5.45. The molecule has 0 bridgehead atoms. The van der Waals surface area contributed by atoms with Crippen molar-refractivity contribution in [3.8, 4) is 11.5 Å². The van der Waals surface area contributed by atoms with Crippen LogP contribution < -0.4 is 9.47 Å². The molecule has 0 aliphatic carbocycles. The van der Waals surface area contributed by atoms with Crippen LogP contribution in [0.1, 0.15) is 5.56 Å². The minimum atomic E-state index is -0.660. The van der Waals surface area contributed by atoms with Gasteiger partial charge in [-0.05, 0) is 36.0 Å². The zero-order chi connectivity index (χ0) is 17.0. The fraction of sp³-hybridized carbons (Fsp3) is 0.267. The average molecular weight is 337 g/mol. The van der Waals surface area contributed by atoms with Crippen molar-refractivity contribution in [1.29, 1.82) is 0 Å². The average Bonchev–Trinajstić information content (AvgIpc) is 2.82. The van der Waals surface area contributed by atoms with Crippen molar-refractivity contribution < 1.29 is 28.6 Å². The van der Waals surface area contributed by atoms with Gasteiger partial charge < -0.3 is 14.2 Å². The molecule has 0 N–H and O–H groups in total. The molecule has 0 atom stereocenters. The molecule has 2 amide bonds. The van der Waals surface area contributed by atoms with E-state index < -0.39 is 23.7 Å². The van der Waals surface area contributed by atoms with Crippen LogP contribution in [0.25, 0.3) is 6.08 Å². The Kier molecular flexibility index (Phi) is 5.28. The summed E-state index contributed by atoms with van der Waals surface area (Å²) >= 11 is 0.756. The fourth-order valence-corrected chi connectivity index (χ4v) is 2.75. The van der Waals surface area contributed by atoms with Gasteiger partial charge in [0.15, 0.2) is 0 Å². The topological polar surface area (TPSA) is 82.1 Å². The highest BCUT2D eigenvalue weighted by molar-refractivity contribution is 8.18. The van der Waals surface area contributed by atoms with E-state index in [1.165, 1.54) is 27.4 Å². The molecular weight excluding hydrogens is 322 g/mol. The highest BCUT2D eigenvalue weighted by Gasteiger charge is 2.36. The molecule has 1 aromatic carbocycles. The maximum absolute atomic E-state index is 12.3. The van der Waals surface area contributed by atoms with Gasteiger partial charge in [0.25, 0.3) is 11.1 Å². The summed E-state index contributed by atoms with van der Waals surface area (Å²) in [5, 5.41) is -0.520. The lowest BCUT2D eigenvalue weighted by Crippen LogP contribution is -2.34. The van der Waals surface area contributed by atoms with Crippen LogP contribution in [0.3, 0.4) is 0 Å². The molecule has 0 radical (unpaired) electrons. The first kappa shape index (κ1) is 16.9. The van der Waals surface area contributed by atoms with Gasteiger partial charge in [-0.2, -0.15) is 0 Å². The van der Waals surface area contributed by atoms with Gasteiger partial charge in [0, 0.05) is 5.56 Å². The number of hydrogen-bond acceptors (Lipinski definition) is 7. The first-order valence-corrected chi connectivity index (χ1v) is 7.36. The molecule has 1 heterocycles. The molecule has 1 aliphatic heterocycles. The zero-order valence-corrected chi connectivity index (χ0v) is 13.6. The van der Waals surface area contributed by atoms with Gasteiger partial charge in [-0.15, -0.1) is 0 Å². The van der Waals surface area contributed by atoms with E-state index in [1.54, 1.807) is 18.2 Å². The Hall–Kier alpha value is -2.48. The highest BCUT2D eigenvalue weighted by atomic mass is 32.2. The van der Waals surface area contributed by atoms with E-state index in [1.807, 2.05) is 0 Å². The summed E-state index contributed by atoms with van der Waals surface area (Å²) in [6.45, 7) is -0.409. The fourth-order valence-electron chi connectivity index (χ4n) is 1.92. The van der Waals surface area contributed by atoms with Crippen LogP contribution in [0, 0.1) is 0 Å². The molecule has 23 heavy (non-hydrogen) atoms. The number of esters is 1. The summed E-state index contributed by atoms with van der Waals surface area (Å²) in [6, 6.07) is 5.11. The Morgan fingerprint density at radius 2 is 1.96 bits per heavy atom. The molecule has 0 saturated carbocycles. The van der Waals surface area contributed by atoms with Crippen LogP contribution in [0.4, 0.5) is 4.79 Å². The maximum atomic E-state index is 12.3. The molecule has 0 unspecified atom stereocenters. The van der Waals surface area contributed by atoms with Gasteiger partial charge in [-0.25, -0.2) is 0 Å². The third-order valence-corrected chi connectivity index (χ3v) is 4.02. The van der Waals surface area contributed by atoms with Crippen molar-refractivity contribution in [3.63, 3.8) is 0 Å². The summed E-state index contributed by atoms with van der Waals surface area (Å²) in [6.07, 6.45) is 1.53. The lowest BCUT2D eigenvalue weighted by Gasteiger charge is -2.10. The van der Waals surface area contributed by atoms with E-state index in [2.05, 4.69) is 4.74 Å². The van der Waals surface area contributed by atoms with Gasteiger partial charge in [0.2, 0.25) is 0 Å². The Balaban J connectivity index is 2.32. The van der Waals surface area contributed by atoms with E-state index in [9.17, 15) is 14.4 Å². The molecule has 0 aromatic heterocycles. The van der Waals surface area contributed by atoms with Crippen molar-refractivity contribution >= 4 is 35.0 Å². The summed E-state index contributed by atoms with van der Waals surface area (Å²) < 4.78 is 14.9. The Bertz CT molecular complexity index is 685. The predicted octanol–water partition coefficient (Wildman–Crippen LogP) is 1.91. The first-order chi connectivity index (χ1) is 11.0. The number of imide groups is 1. The van der Waals surface area contributed by atoms with Gasteiger partial charge in [-0.1, -0.05) is 0 Å². The Morgan fingerprint density at radius 3 is 2.57 bits per heavy atom. The number of nitrogens with zero attached hydrogens (tertiary/aromatic N) is 1. The number of hydrogen-bond donors (Lipinski definition) is 0. The zero-order valence-electron chi connectivity index (χ0n) is 12.8. The molecule has 0 spiro atoms. The normalized spacial score (nSPS) is 16.0. The summed E-state index contributed by atoms with van der Waals surface area (Å²) in [4.78, 5) is 36.5. The van der Waals surface area contributed by atoms with Crippen LogP contribution in [0.2, 0.25) is 0 Å². The number of benzene rings is 1. The van der Waals surface area contributed by atoms with E-state index in [4.69, 9.17) is 9.47 Å². The predicted molar refractivity (Wildman–Crippen MR) is 84.2 cm³/mol. The molecule has 7 nitrogen and oxygen atoms in total. The van der Waals surface area contributed by atoms with Crippen LogP contribution in [-0.4, -0.2) is 49.9 Å². The van der Waals surface area contributed by atoms with Crippen molar-refractivity contribution in [2.45, 2.75) is 0 Å². The van der Waals surface area contributed by atoms with Crippen molar-refractivity contribution in [1.82, 2.24) is 4.90 Å². The van der Waals surface area contributed by atoms with Crippen molar-refractivity contribution in [2.24, 2.45) is 0 Å². The second-order valence-electron chi connectivity index (χ2n) is 4.45. The van der Waals surface area contributed by atoms with Crippen LogP contribution >= 0.6 is 11.8 Å². The molecule has 1 saturated heterocycles. The highest BCUT2D eigenvalue weighted by Crippen LogP contribution is 2.34. The van der Waals surface area contributed by atoms with Gasteiger partial charge in [0.05, 0.1) is 26.2 Å². The van der Waals surface area contributed by atoms with E-state index in [-0.39, 0.29) is 4.91 Å². The Morgan fingerprint density at radius 1 is 1.22 bits per heavy atom. The Labute approximate surface area is 137 Å². The van der Waals surface area contributed by atoms with Gasteiger partial charge in [0.1, 0.15) is 18.0 Å². The lowest BCUT2D eigenvalue weighted by atomic mass is 10.1. The summed E-state index contributed by atoms with van der Waals surface area (Å²) in [7, 11) is 4.22. The quantitative estimate of drug-likeness (QED) is 0.599. The first-order valence-electron chi connectivity index (χ1n) is 6.54. The van der Waals surface area contributed by atoms with Crippen LogP contribution in [0.15, 0.2) is 23.1 Å². The number of carbonyl (C=O) groups is 3. The largest absolute Gasteiger partial charge is 0.497 e. The number of methoxy groups -OCH3 is 3. The molecule has 1 aliphatic rings. The molecule has 2 rings (SSSR count). The van der Waals surface area contributed by atoms with Gasteiger partial charge >= 0.3 is 5.97 Å². The van der Waals surface area contributed by atoms with E-state index in [0.717, 1.165) is 16.7 Å². The maximum Gasteiger partial charge on any atom is 0.325 e. The van der Waals surface area contributed by atoms with Gasteiger partial charge in [-0.3, -0.25) is 19.3 Å². The third-order valence-electron chi connectivity index (χ3n) is 3.11. The number of ether oxygens (including phenoxy) is 3. The number of carbonyl (C=O) groups excluding carboxylic acids is 3. The SMILES string of the molecule is COC(=O)CN1C(=O)S/C(=C/c2cc(OC)ccc2OC)C1=O. The lowest BCUT2D eigenvalue weighted by molar-refractivity contribution is -0.143. The molecule has 122 valence electrons. The number of rotatable bonds is 5. The standard InChI is InChI=1S/C15H15NO6S/c1-20-10-4-5-11(21-2)9(6-10)7-12-14(18)16(15(19)23-12)8-13(17)22-3/h4-7H,8H2,1-3H3/b12-7+. The molecule has 1 fully saturated rings. The third kappa shape index (κ3) is 3.65. The van der Waals surface area contributed by atoms with Crippen LogP contribution in [-0.2, 0) is 14.3 Å². The molecule has 8 heteroatoms. The summed E-state index contributed by atoms with van der Waals surface area (Å²) in [5.41, 5.74) is 0.593. The van der Waals surface area contributed by atoms with E-state index in [0.29, 0.717) is 17.1 Å². The molecular formula is C15H15NO6S. The summed E-state index contributed by atoms with van der Waals surface area (Å²) in [5.74, 6) is -0.0841. The number of amides is 2. The van der Waals surface area contributed by atoms with E-state index >= 15 is 0 Å². The molecule has 1 aromatic rings. The monoisotopic (exact) mass is 337 g/mol. The minimum Gasteiger partial charge on any atom is -0.497 e. The van der Waals surface area contributed by atoms with Crippen LogP contribution in [0.5, 0.6) is 11.5 Å². The number of thioether (sulfide) groups is 1. The smallest absolute Gasteiger partial charge is 0.325 e. The van der Waals surface area contributed by atoms with Crippen molar-refractivity contribution in [2.75, 3.05) is 27.9 Å². The second kappa shape index (κ2) is 7.19. The minimum absolute atomic E-state index is 0.199. The van der Waals surface area contributed by atoms with Crippen molar-refractivity contribution in [3.05, 3.63) is 28.7 Å².